The Hall–Kier alpha value is -3.67. The molecule has 0 fully saturated rings. The highest BCUT2D eigenvalue weighted by Gasteiger charge is 2.23. The lowest BCUT2D eigenvalue weighted by atomic mass is 9.81. The highest BCUT2D eigenvalue weighted by Crippen LogP contribution is 2.34. The molecule has 2 unspecified atom stereocenters. The Morgan fingerprint density at radius 2 is 1.94 bits per heavy atom. The summed E-state index contributed by atoms with van der Waals surface area (Å²) in [4.78, 5) is 21.1. The van der Waals surface area contributed by atoms with Crippen LogP contribution in [-0.4, -0.2) is 28.4 Å². The van der Waals surface area contributed by atoms with Gasteiger partial charge < -0.3 is 14.7 Å². The van der Waals surface area contributed by atoms with Crippen LogP contribution >= 0.6 is 0 Å². The third-order valence-corrected chi connectivity index (χ3v) is 5.88. The zero-order valence-corrected chi connectivity index (χ0v) is 18.7. The molecule has 1 aliphatic carbocycles. The maximum Gasteiger partial charge on any atom is 0.341 e. The van der Waals surface area contributed by atoms with Gasteiger partial charge in [0.05, 0.1) is 5.71 Å². The van der Waals surface area contributed by atoms with Gasteiger partial charge in [0, 0.05) is 18.0 Å². The summed E-state index contributed by atoms with van der Waals surface area (Å²) in [7, 11) is 0. The van der Waals surface area contributed by atoms with Crippen LogP contribution in [0.5, 0.6) is 5.75 Å². The smallest absolute Gasteiger partial charge is 0.341 e. The van der Waals surface area contributed by atoms with E-state index in [4.69, 9.17) is 14.7 Å². The zero-order valence-electron chi connectivity index (χ0n) is 18.7. The number of hydrogen-bond donors (Lipinski definition) is 1. The predicted octanol–water partition coefficient (Wildman–Crippen LogP) is 5.22. The molecule has 6 heteroatoms. The van der Waals surface area contributed by atoms with E-state index in [0.29, 0.717) is 11.7 Å². The summed E-state index contributed by atoms with van der Waals surface area (Å²) in [6, 6.07) is 19.8. The van der Waals surface area contributed by atoms with E-state index in [2.05, 4.69) is 16.2 Å². The minimum absolute atomic E-state index is 0.309. The molecule has 0 bridgehead atoms. The number of carboxylic acid groups (broad SMARTS) is 1. The fourth-order valence-electron chi connectivity index (χ4n) is 4.37. The minimum Gasteiger partial charge on any atom is -0.482 e. The van der Waals surface area contributed by atoms with Crippen molar-refractivity contribution in [2.75, 3.05) is 6.61 Å². The largest absolute Gasteiger partial charge is 0.482 e. The van der Waals surface area contributed by atoms with Crippen molar-refractivity contribution < 1.29 is 19.5 Å². The summed E-state index contributed by atoms with van der Waals surface area (Å²) < 4.78 is 5.48. The Morgan fingerprint density at radius 1 is 1.12 bits per heavy atom. The Kier molecular flexibility index (Phi) is 7.35. The number of carboxylic acids is 1. The van der Waals surface area contributed by atoms with Crippen LogP contribution in [0.3, 0.4) is 0 Å². The molecule has 1 aromatic heterocycles. The number of fused-ring (bicyclic) bond motifs is 1. The van der Waals surface area contributed by atoms with E-state index >= 15 is 0 Å². The van der Waals surface area contributed by atoms with Crippen LogP contribution in [0.2, 0.25) is 0 Å². The van der Waals surface area contributed by atoms with Crippen LogP contribution in [0.15, 0.2) is 78.2 Å². The molecule has 0 radical (unpaired) electrons. The lowest BCUT2D eigenvalue weighted by molar-refractivity contribution is -0.139. The van der Waals surface area contributed by atoms with Gasteiger partial charge in [0.15, 0.2) is 12.7 Å². The van der Waals surface area contributed by atoms with Crippen molar-refractivity contribution in [1.82, 2.24) is 4.98 Å². The Labute approximate surface area is 193 Å². The van der Waals surface area contributed by atoms with Crippen LogP contribution in [0, 0.1) is 5.92 Å². The SMILES string of the molecule is C/C(CC1CCc2c(cccc2OCC(=O)O)C1)=N\OC(c1ccccc1)c1cccnc1. The molecule has 3 aromatic rings. The summed E-state index contributed by atoms with van der Waals surface area (Å²) in [6.07, 6.45) is 6.87. The van der Waals surface area contributed by atoms with Gasteiger partial charge in [-0.25, -0.2) is 4.79 Å². The van der Waals surface area contributed by atoms with Gasteiger partial charge in [-0.2, -0.15) is 0 Å². The first-order valence-electron chi connectivity index (χ1n) is 11.2. The fourth-order valence-corrected chi connectivity index (χ4v) is 4.37. The Balaban J connectivity index is 1.42. The summed E-state index contributed by atoms with van der Waals surface area (Å²) in [5.41, 5.74) is 5.29. The average molecular weight is 445 g/mol. The Bertz CT molecular complexity index is 1060. The lowest BCUT2D eigenvalue weighted by Gasteiger charge is -2.26. The van der Waals surface area contributed by atoms with Crippen molar-refractivity contribution in [3.8, 4) is 5.75 Å². The molecule has 0 amide bonds. The number of pyridine rings is 1. The first-order chi connectivity index (χ1) is 16.1. The summed E-state index contributed by atoms with van der Waals surface area (Å²) >= 11 is 0. The first kappa shape index (κ1) is 22.5. The summed E-state index contributed by atoms with van der Waals surface area (Å²) in [5, 5.41) is 13.4. The number of carbonyl (C=O) groups is 1. The average Bonchev–Trinajstić information content (AvgIpc) is 2.84. The van der Waals surface area contributed by atoms with Crippen molar-refractivity contribution in [3.63, 3.8) is 0 Å². The van der Waals surface area contributed by atoms with Gasteiger partial charge in [-0.3, -0.25) is 4.98 Å². The van der Waals surface area contributed by atoms with Crippen LogP contribution < -0.4 is 4.74 Å². The van der Waals surface area contributed by atoms with Crippen molar-refractivity contribution in [1.29, 1.82) is 0 Å². The van der Waals surface area contributed by atoms with Gasteiger partial charge in [-0.15, -0.1) is 0 Å². The molecule has 170 valence electrons. The molecule has 1 aliphatic rings. The summed E-state index contributed by atoms with van der Waals surface area (Å²) in [5.74, 6) is 0.172. The number of aromatic nitrogens is 1. The fraction of sp³-hybridized carbons (Fsp3) is 0.296. The first-order valence-corrected chi connectivity index (χ1v) is 11.2. The maximum absolute atomic E-state index is 10.9. The van der Waals surface area contributed by atoms with Gasteiger partial charge in [0.25, 0.3) is 0 Å². The second-order valence-electron chi connectivity index (χ2n) is 8.40. The van der Waals surface area contributed by atoms with Crippen LogP contribution in [-0.2, 0) is 22.5 Å². The highest BCUT2D eigenvalue weighted by molar-refractivity contribution is 5.81. The lowest BCUT2D eigenvalue weighted by Crippen LogP contribution is -2.19. The van der Waals surface area contributed by atoms with Crippen molar-refractivity contribution in [3.05, 3.63) is 95.3 Å². The van der Waals surface area contributed by atoms with Gasteiger partial charge in [-0.1, -0.05) is 53.7 Å². The molecule has 1 N–H and O–H groups in total. The number of rotatable bonds is 9. The molecular formula is C27H28N2O4. The monoisotopic (exact) mass is 444 g/mol. The molecular weight excluding hydrogens is 416 g/mol. The topological polar surface area (TPSA) is 81.0 Å². The molecule has 0 saturated heterocycles. The van der Waals surface area contributed by atoms with Crippen molar-refractivity contribution in [2.45, 2.75) is 38.7 Å². The van der Waals surface area contributed by atoms with Gasteiger partial charge >= 0.3 is 5.97 Å². The van der Waals surface area contributed by atoms with E-state index in [-0.39, 0.29) is 12.7 Å². The Morgan fingerprint density at radius 3 is 2.70 bits per heavy atom. The molecule has 0 saturated carbocycles. The normalized spacial score (nSPS) is 16.5. The molecule has 0 aliphatic heterocycles. The van der Waals surface area contributed by atoms with Gasteiger partial charge in [0.2, 0.25) is 0 Å². The molecule has 2 atom stereocenters. The standard InChI is InChI=1S/C27H28N2O4/c1-19(29-33-27(21-7-3-2-4-8-21)23-10-6-14-28-17-23)15-20-12-13-24-22(16-20)9-5-11-25(24)32-18-26(30)31/h2-11,14,17,20,27H,12-13,15-16,18H2,1H3,(H,30,31)/b29-19+. The minimum atomic E-state index is -0.965. The van der Waals surface area contributed by atoms with Crippen molar-refractivity contribution in [2.24, 2.45) is 11.1 Å². The van der Waals surface area contributed by atoms with E-state index in [1.807, 2.05) is 67.7 Å². The predicted molar refractivity (Wildman–Crippen MR) is 126 cm³/mol. The molecule has 1 heterocycles. The number of benzene rings is 2. The van der Waals surface area contributed by atoms with E-state index in [9.17, 15) is 4.79 Å². The second kappa shape index (κ2) is 10.8. The van der Waals surface area contributed by atoms with Crippen molar-refractivity contribution >= 4 is 11.7 Å². The third-order valence-electron chi connectivity index (χ3n) is 5.88. The van der Waals surface area contributed by atoms with E-state index in [0.717, 1.165) is 48.1 Å². The van der Waals surface area contributed by atoms with E-state index in [1.54, 1.807) is 6.20 Å². The van der Waals surface area contributed by atoms with Crippen LogP contribution in [0.1, 0.15) is 48.1 Å². The molecule has 0 spiro atoms. The van der Waals surface area contributed by atoms with Crippen LogP contribution in [0.25, 0.3) is 0 Å². The number of ether oxygens (including phenoxy) is 1. The number of hydrogen-bond acceptors (Lipinski definition) is 5. The number of oxime groups is 1. The van der Waals surface area contributed by atoms with E-state index < -0.39 is 5.97 Å². The molecule has 4 rings (SSSR count). The number of nitrogens with zero attached hydrogens (tertiary/aromatic N) is 2. The third kappa shape index (κ3) is 5.98. The quantitative estimate of drug-likeness (QED) is 0.361. The molecule has 6 nitrogen and oxygen atoms in total. The van der Waals surface area contributed by atoms with Gasteiger partial charge in [0.1, 0.15) is 5.75 Å². The van der Waals surface area contributed by atoms with E-state index in [1.165, 1.54) is 5.56 Å². The zero-order chi connectivity index (χ0) is 23.0. The highest BCUT2D eigenvalue weighted by atomic mass is 16.6. The second-order valence-corrected chi connectivity index (χ2v) is 8.40. The number of aliphatic carboxylic acids is 1. The molecule has 2 aromatic carbocycles. The van der Waals surface area contributed by atoms with Gasteiger partial charge in [-0.05, 0) is 67.3 Å². The maximum atomic E-state index is 10.9. The molecule has 33 heavy (non-hydrogen) atoms. The van der Waals surface area contributed by atoms with Crippen LogP contribution in [0.4, 0.5) is 0 Å². The summed E-state index contributed by atoms with van der Waals surface area (Å²) in [6.45, 7) is 1.69.